The Morgan fingerprint density at radius 1 is 1.03 bits per heavy atom. The first-order valence-electron chi connectivity index (χ1n) is 10.6. The minimum Gasteiger partial charge on any atom is -0.497 e. The third kappa shape index (κ3) is 4.96. The second kappa shape index (κ2) is 9.64. The Morgan fingerprint density at radius 3 is 2.38 bits per heavy atom. The highest BCUT2D eigenvalue weighted by Gasteiger charge is 2.26. The monoisotopic (exact) mass is 437 g/mol. The third-order valence-corrected chi connectivity index (χ3v) is 5.70. The number of nitrogens with one attached hydrogen (secondary N) is 2. The molecular formula is C24H27N3O5. The minimum absolute atomic E-state index is 0.0858. The molecule has 0 radical (unpaired) electrons. The quantitative estimate of drug-likeness (QED) is 0.605. The summed E-state index contributed by atoms with van der Waals surface area (Å²) in [5, 5.41) is 6.65. The topological polar surface area (TPSA) is 93.0 Å². The number of rotatable bonds is 6. The Balaban J connectivity index is 1.25. The predicted molar refractivity (Wildman–Crippen MR) is 121 cm³/mol. The Kier molecular flexibility index (Phi) is 6.49. The van der Waals surface area contributed by atoms with Gasteiger partial charge in [-0.15, -0.1) is 0 Å². The molecule has 1 aliphatic heterocycles. The molecule has 1 fully saturated rings. The van der Waals surface area contributed by atoms with E-state index in [2.05, 4.69) is 10.6 Å². The predicted octanol–water partition coefficient (Wildman–Crippen LogP) is 4.12. The van der Waals surface area contributed by atoms with Gasteiger partial charge in [0, 0.05) is 48.9 Å². The molecule has 0 saturated carbocycles. The summed E-state index contributed by atoms with van der Waals surface area (Å²) < 4.78 is 16.1. The van der Waals surface area contributed by atoms with Crippen molar-refractivity contribution >= 4 is 28.6 Å². The summed E-state index contributed by atoms with van der Waals surface area (Å²) in [6, 6.07) is 14.3. The maximum absolute atomic E-state index is 12.8. The first kappa shape index (κ1) is 21.5. The van der Waals surface area contributed by atoms with Crippen molar-refractivity contribution in [1.29, 1.82) is 0 Å². The number of urea groups is 1. The molecule has 0 bridgehead atoms. The van der Waals surface area contributed by atoms with E-state index in [0.29, 0.717) is 48.5 Å². The summed E-state index contributed by atoms with van der Waals surface area (Å²) in [5.74, 6) is 1.79. The summed E-state index contributed by atoms with van der Waals surface area (Å²) in [4.78, 5) is 26.9. The normalized spacial score (nSPS) is 14.2. The van der Waals surface area contributed by atoms with Crippen molar-refractivity contribution in [3.8, 4) is 11.5 Å². The molecule has 1 saturated heterocycles. The molecule has 3 aromatic rings. The molecule has 32 heavy (non-hydrogen) atoms. The van der Waals surface area contributed by atoms with Crippen LogP contribution in [-0.4, -0.2) is 50.7 Å². The van der Waals surface area contributed by atoms with Gasteiger partial charge >= 0.3 is 6.03 Å². The summed E-state index contributed by atoms with van der Waals surface area (Å²) in [5.41, 5.74) is 1.31. The van der Waals surface area contributed by atoms with Crippen molar-refractivity contribution in [3.05, 3.63) is 54.3 Å². The summed E-state index contributed by atoms with van der Waals surface area (Å²) in [7, 11) is 3.12. The number of methoxy groups -OCH3 is 2. The van der Waals surface area contributed by atoms with Crippen LogP contribution < -0.4 is 20.1 Å². The van der Waals surface area contributed by atoms with E-state index in [1.165, 1.54) is 0 Å². The average molecular weight is 437 g/mol. The van der Waals surface area contributed by atoms with Gasteiger partial charge in [-0.1, -0.05) is 18.2 Å². The van der Waals surface area contributed by atoms with E-state index in [1.807, 2.05) is 29.2 Å². The number of ether oxygens (including phenoxy) is 2. The van der Waals surface area contributed by atoms with Gasteiger partial charge in [0.25, 0.3) is 5.91 Å². The Labute approximate surface area is 186 Å². The number of carbonyl (C=O) groups is 2. The van der Waals surface area contributed by atoms with Gasteiger partial charge < -0.3 is 29.4 Å². The molecule has 8 nitrogen and oxygen atoms in total. The van der Waals surface area contributed by atoms with Crippen LogP contribution in [0.25, 0.3) is 11.0 Å². The molecular weight excluding hydrogens is 410 g/mol. The van der Waals surface area contributed by atoms with E-state index in [-0.39, 0.29) is 11.9 Å². The molecule has 0 unspecified atom stereocenters. The van der Waals surface area contributed by atoms with Crippen LogP contribution >= 0.6 is 0 Å². The maximum Gasteiger partial charge on any atom is 0.319 e. The van der Waals surface area contributed by atoms with Gasteiger partial charge in [-0.05, 0) is 30.9 Å². The zero-order chi connectivity index (χ0) is 22.5. The van der Waals surface area contributed by atoms with Crippen LogP contribution in [0.15, 0.2) is 52.9 Å². The van der Waals surface area contributed by atoms with Crippen LogP contribution in [0.2, 0.25) is 0 Å². The van der Waals surface area contributed by atoms with E-state index < -0.39 is 0 Å². The fourth-order valence-electron chi connectivity index (χ4n) is 3.88. The molecule has 4 rings (SSSR count). The number of benzene rings is 2. The molecule has 0 spiro atoms. The zero-order valence-corrected chi connectivity index (χ0v) is 18.2. The Hall–Kier alpha value is -3.68. The lowest BCUT2D eigenvalue weighted by atomic mass is 9.96. The van der Waals surface area contributed by atoms with Crippen molar-refractivity contribution in [2.75, 3.05) is 39.2 Å². The largest absolute Gasteiger partial charge is 0.497 e. The second-order valence-electron chi connectivity index (χ2n) is 7.82. The van der Waals surface area contributed by atoms with Crippen LogP contribution in [0.1, 0.15) is 23.4 Å². The van der Waals surface area contributed by atoms with Gasteiger partial charge in [-0.25, -0.2) is 4.79 Å². The molecule has 0 atom stereocenters. The zero-order valence-electron chi connectivity index (χ0n) is 18.2. The molecule has 2 aromatic carbocycles. The molecule has 8 heteroatoms. The van der Waals surface area contributed by atoms with Gasteiger partial charge in [0.15, 0.2) is 5.76 Å². The van der Waals surface area contributed by atoms with E-state index in [0.717, 1.165) is 23.8 Å². The van der Waals surface area contributed by atoms with Crippen LogP contribution in [0.5, 0.6) is 11.5 Å². The Morgan fingerprint density at radius 2 is 1.72 bits per heavy atom. The second-order valence-corrected chi connectivity index (χ2v) is 7.82. The van der Waals surface area contributed by atoms with Gasteiger partial charge in [0.2, 0.25) is 0 Å². The number of furan rings is 1. The minimum atomic E-state index is -0.291. The van der Waals surface area contributed by atoms with E-state index in [9.17, 15) is 9.59 Å². The van der Waals surface area contributed by atoms with Crippen molar-refractivity contribution < 1.29 is 23.5 Å². The number of carbonyl (C=O) groups excluding carboxylic acids is 2. The van der Waals surface area contributed by atoms with Crippen LogP contribution in [-0.2, 0) is 0 Å². The number of piperidine rings is 1. The molecule has 3 amide bonds. The summed E-state index contributed by atoms with van der Waals surface area (Å²) >= 11 is 0. The highest BCUT2D eigenvalue weighted by molar-refractivity contribution is 5.96. The summed E-state index contributed by atoms with van der Waals surface area (Å²) in [6.45, 7) is 1.81. The first-order valence-corrected chi connectivity index (χ1v) is 10.6. The van der Waals surface area contributed by atoms with Gasteiger partial charge in [-0.2, -0.15) is 0 Å². The highest BCUT2D eigenvalue weighted by atomic mass is 16.5. The van der Waals surface area contributed by atoms with Crippen LogP contribution in [0.4, 0.5) is 10.5 Å². The number of nitrogens with zero attached hydrogens (tertiary/aromatic N) is 1. The molecule has 2 N–H and O–H groups in total. The standard InChI is InChI=1S/C24H27N3O5/c1-30-19-12-18(13-20(14-19)31-2)26-24(29)25-15-16-7-9-27(10-8-16)23(28)22-11-17-5-3-4-6-21(17)32-22/h3-6,11-14,16H,7-10,15H2,1-2H3,(H2,25,26,29). The van der Waals surface area contributed by atoms with Crippen LogP contribution in [0.3, 0.4) is 0 Å². The maximum atomic E-state index is 12.8. The lowest BCUT2D eigenvalue weighted by molar-refractivity contribution is 0.0661. The first-order chi connectivity index (χ1) is 15.6. The highest BCUT2D eigenvalue weighted by Crippen LogP contribution is 2.26. The number of likely N-dealkylation sites (tertiary alicyclic amines) is 1. The lowest BCUT2D eigenvalue weighted by Crippen LogP contribution is -2.42. The fourth-order valence-corrected chi connectivity index (χ4v) is 3.88. The van der Waals surface area contributed by atoms with E-state index in [4.69, 9.17) is 13.9 Å². The van der Waals surface area contributed by atoms with Gasteiger partial charge in [0.1, 0.15) is 17.1 Å². The number of amides is 3. The number of para-hydroxylation sites is 1. The molecule has 1 aliphatic rings. The lowest BCUT2D eigenvalue weighted by Gasteiger charge is -2.31. The van der Waals surface area contributed by atoms with Crippen molar-refractivity contribution in [2.24, 2.45) is 5.92 Å². The number of hydrogen-bond acceptors (Lipinski definition) is 5. The molecule has 2 heterocycles. The van der Waals surface area contributed by atoms with Gasteiger partial charge in [-0.3, -0.25) is 4.79 Å². The summed E-state index contributed by atoms with van der Waals surface area (Å²) in [6.07, 6.45) is 1.64. The van der Waals surface area contributed by atoms with Crippen molar-refractivity contribution in [2.45, 2.75) is 12.8 Å². The van der Waals surface area contributed by atoms with E-state index >= 15 is 0 Å². The van der Waals surface area contributed by atoms with Crippen LogP contribution in [0, 0.1) is 5.92 Å². The number of fused-ring (bicyclic) bond motifs is 1. The average Bonchev–Trinajstić information content (AvgIpc) is 3.26. The third-order valence-electron chi connectivity index (χ3n) is 5.70. The molecule has 168 valence electrons. The Bertz CT molecular complexity index is 1050. The smallest absolute Gasteiger partial charge is 0.319 e. The van der Waals surface area contributed by atoms with E-state index in [1.54, 1.807) is 38.5 Å². The van der Waals surface area contributed by atoms with Crippen molar-refractivity contribution in [1.82, 2.24) is 10.2 Å². The molecule has 1 aromatic heterocycles. The fraction of sp³-hybridized carbons (Fsp3) is 0.333. The van der Waals surface area contributed by atoms with Gasteiger partial charge in [0.05, 0.1) is 14.2 Å². The number of anilines is 1. The SMILES string of the molecule is COc1cc(NC(=O)NCC2CCN(C(=O)c3cc4ccccc4o3)CC2)cc(OC)c1. The van der Waals surface area contributed by atoms with Crippen molar-refractivity contribution in [3.63, 3.8) is 0 Å². The molecule has 0 aliphatic carbocycles. The number of hydrogen-bond donors (Lipinski definition) is 2.